The van der Waals surface area contributed by atoms with Gasteiger partial charge in [0.1, 0.15) is 5.75 Å². The molecule has 0 radical (unpaired) electrons. The first kappa shape index (κ1) is 14.3. The van der Waals surface area contributed by atoms with Gasteiger partial charge < -0.3 is 10.1 Å². The standard InChI is InChI=1S/C14H17ClN2OS/c1-4-18-11-5-10(6-17-7-11)13(16-3)14-12(15)9(2)8-19-14/h5-8,13,16H,4H2,1-3H3. The molecule has 5 heteroatoms. The maximum absolute atomic E-state index is 6.35. The Hall–Kier alpha value is -1.10. The highest BCUT2D eigenvalue weighted by atomic mass is 35.5. The highest BCUT2D eigenvalue weighted by molar-refractivity contribution is 7.10. The lowest BCUT2D eigenvalue weighted by Gasteiger charge is -2.16. The molecule has 0 saturated heterocycles. The molecule has 0 saturated carbocycles. The normalized spacial score (nSPS) is 12.4. The van der Waals surface area contributed by atoms with Crippen LogP contribution in [-0.2, 0) is 0 Å². The van der Waals surface area contributed by atoms with E-state index in [1.807, 2.05) is 33.2 Å². The Morgan fingerprint density at radius 1 is 1.47 bits per heavy atom. The van der Waals surface area contributed by atoms with Gasteiger partial charge in [-0.25, -0.2) is 0 Å². The average Bonchev–Trinajstić information content (AvgIpc) is 2.73. The summed E-state index contributed by atoms with van der Waals surface area (Å²) in [4.78, 5) is 5.34. The molecule has 0 fully saturated rings. The summed E-state index contributed by atoms with van der Waals surface area (Å²) in [6.45, 7) is 4.61. The third-order valence-electron chi connectivity index (χ3n) is 2.85. The molecule has 3 nitrogen and oxygen atoms in total. The number of nitrogens with one attached hydrogen (secondary N) is 1. The minimum absolute atomic E-state index is 0.0408. The van der Waals surface area contributed by atoms with Crippen LogP contribution in [0, 0.1) is 6.92 Å². The number of thiophene rings is 1. The molecular formula is C14H17ClN2OS. The van der Waals surface area contributed by atoms with E-state index in [1.165, 1.54) is 0 Å². The van der Waals surface area contributed by atoms with Crippen LogP contribution in [0.25, 0.3) is 0 Å². The van der Waals surface area contributed by atoms with E-state index in [0.717, 1.165) is 26.8 Å². The van der Waals surface area contributed by atoms with Crippen LogP contribution in [0.5, 0.6) is 5.75 Å². The van der Waals surface area contributed by atoms with Crippen molar-refractivity contribution in [2.45, 2.75) is 19.9 Å². The molecule has 0 amide bonds. The quantitative estimate of drug-likeness (QED) is 0.911. The topological polar surface area (TPSA) is 34.1 Å². The molecule has 0 aliphatic carbocycles. The summed E-state index contributed by atoms with van der Waals surface area (Å²) < 4.78 is 5.49. The van der Waals surface area contributed by atoms with E-state index in [-0.39, 0.29) is 6.04 Å². The number of ether oxygens (including phenoxy) is 1. The highest BCUT2D eigenvalue weighted by Crippen LogP contribution is 2.35. The van der Waals surface area contributed by atoms with Crippen LogP contribution in [-0.4, -0.2) is 18.6 Å². The Labute approximate surface area is 122 Å². The summed E-state index contributed by atoms with van der Waals surface area (Å²) in [7, 11) is 1.92. The smallest absolute Gasteiger partial charge is 0.137 e. The second-order valence-corrected chi connectivity index (χ2v) is 5.49. The molecule has 2 aromatic heterocycles. The number of hydrogen-bond acceptors (Lipinski definition) is 4. The number of nitrogens with zero attached hydrogens (tertiary/aromatic N) is 1. The number of pyridine rings is 1. The summed E-state index contributed by atoms with van der Waals surface area (Å²) in [5, 5.41) is 6.18. The molecule has 0 aliphatic rings. The third-order valence-corrected chi connectivity index (χ3v) is 4.63. The van der Waals surface area contributed by atoms with Crippen LogP contribution in [0.1, 0.15) is 29.0 Å². The van der Waals surface area contributed by atoms with Gasteiger partial charge in [0.2, 0.25) is 0 Å². The van der Waals surface area contributed by atoms with Crippen molar-refractivity contribution < 1.29 is 4.74 Å². The van der Waals surface area contributed by atoms with Gasteiger partial charge in [-0.15, -0.1) is 11.3 Å². The van der Waals surface area contributed by atoms with Crippen LogP contribution >= 0.6 is 22.9 Å². The second-order valence-electron chi connectivity index (χ2n) is 4.21. The Bertz CT molecular complexity index is 556. The molecule has 0 spiro atoms. The molecule has 0 aliphatic heterocycles. The van der Waals surface area contributed by atoms with E-state index in [1.54, 1.807) is 17.5 Å². The molecule has 0 aromatic carbocycles. The van der Waals surface area contributed by atoms with Crippen LogP contribution < -0.4 is 10.1 Å². The fourth-order valence-electron chi connectivity index (χ4n) is 1.93. The first-order valence-corrected chi connectivity index (χ1v) is 7.41. The third kappa shape index (κ3) is 3.08. The van der Waals surface area contributed by atoms with Crippen molar-refractivity contribution in [3.8, 4) is 5.75 Å². The molecule has 102 valence electrons. The van der Waals surface area contributed by atoms with E-state index in [4.69, 9.17) is 16.3 Å². The first-order valence-electron chi connectivity index (χ1n) is 6.15. The van der Waals surface area contributed by atoms with Crippen LogP contribution in [0.3, 0.4) is 0 Å². The van der Waals surface area contributed by atoms with E-state index >= 15 is 0 Å². The Balaban J connectivity index is 2.36. The van der Waals surface area contributed by atoms with Crippen LogP contribution in [0.4, 0.5) is 0 Å². The van der Waals surface area contributed by atoms with Gasteiger partial charge >= 0.3 is 0 Å². The van der Waals surface area contributed by atoms with Gasteiger partial charge in [0.05, 0.1) is 23.9 Å². The minimum Gasteiger partial charge on any atom is -0.492 e. The van der Waals surface area contributed by atoms with Crippen LogP contribution in [0.2, 0.25) is 5.02 Å². The van der Waals surface area contributed by atoms with E-state index < -0.39 is 0 Å². The molecule has 2 rings (SSSR count). The number of aryl methyl sites for hydroxylation is 1. The lowest BCUT2D eigenvalue weighted by molar-refractivity contribution is 0.338. The zero-order valence-electron chi connectivity index (χ0n) is 11.2. The van der Waals surface area contributed by atoms with Gasteiger partial charge in [0, 0.05) is 11.1 Å². The highest BCUT2D eigenvalue weighted by Gasteiger charge is 2.19. The summed E-state index contributed by atoms with van der Waals surface area (Å²) >= 11 is 8.01. The van der Waals surface area contributed by atoms with Gasteiger partial charge in [-0.2, -0.15) is 0 Å². The Morgan fingerprint density at radius 3 is 2.84 bits per heavy atom. The van der Waals surface area contributed by atoms with Crippen molar-refractivity contribution in [3.63, 3.8) is 0 Å². The minimum atomic E-state index is 0.0408. The van der Waals surface area contributed by atoms with Crippen molar-refractivity contribution in [1.82, 2.24) is 10.3 Å². The fourth-order valence-corrected chi connectivity index (χ4v) is 3.37. The molecular weight excluding hydrogens is 280 g/mol. The Kier molecular flexibility index (Phi) is 4.80. The maximum Gasteiger partial charge on any atom is 0.137 e. The molecule has 19 heavy (non-hydrogen) atoms. The molecule has 1 unspecified atom stereocenters. The number of aromatic nitrogens is 1. The summed E-state index contributed by atoms with van der Waals surface area (Å²) in [5.74, 6) is 0.782. The van der Waals surface area contributed by atoms with Gasteiger partial charge in [-0.3, -0.25) is 4.98 Å². The van der Waals surface area contributed by atoms with Crippen molar-refractivity contribution in [3.05, 3.63) is 44.9 Å². The van der Waals surface area contributed by atoms with E-state index in [9.17, 15) is 0 Å². The lowest BCUT2D eigenvalue weighted by Crippen LogP contribution is -2.17. The zero-order chi connectivity index (χ0) is 13.8. The summed E-state index contributed by atoms with van der Waals surface area (Å²) in [6, 6.07) is 2.04. The first-order chi connectivity index (χ1) is 9.17. The second kappa shape index (κ2) is 6.37. The van der Waals surface area contributed by atoms with Gasteiger partial charge in [-0.05, 0) is 43.5 Å². The van der Waals surface area contributed by atoms with Crippen molar-refractivity contribution >= 4 is 22.9 Å². The summed E-state index contributed by atoms with van der Waals surface area (Å²) in [6.07, 6.45) is 3.57. The molecule has 1 atom stereocenters. The van der Waals surface area contributed by atoms with Gasteiger partial charge in [0.25, 0.3) is 0 Å². The van der Waals surface area contributed by atoms with Gasteiger partial charge in [0.15, 0.2) is 0 Å². The maximum atomic E-state index is 6.35. The fraction of sp³-hybridized carbons (Fsp3) is 0.357. The van der Waals surface area contributed by atoms with Gasteiger partial charge in [-0.1, -0.05) is 11.6 Å². The zero-order valence-corrected chi connectivity index (χ0v) is 12.8. The van der Waals surface area contributed by atoms with Crippen molar-refractivity contribution in [1.29, 1.82) is 0 Å². The van der Waals surface area contributed by atoms with Crippen molar-refractivity contribution in [2.75, 3.05) is 13.7 Å². The molecule has 0 bridgehead atoms. The molecule has 2 heterocycles. The number of rotatable bonds is 5. The predicted molar refractivity (Wildman–Crippen MR) is 80.4 cm³/mol. The monoisotopic (exact) mass is 296 g/mol. The number of hydrogen-bond donors (Lipinski definition) is 1. The number of halogens is 1. The predicted octanol–water partition coefficient (Wildman–Crippen LogP) is 3.81. The lowest BCUT2D eigenvalue weighted by atomic mass is 10.1. The Morgan fingerprint density at radius 2 is 2.26 bits per heavy atom. The van der Waals surface area contributed by atoms with Crippen LogP contribution in [0.15, 0.2) is 23.8 Å². The molecule has 1 N–H and O–H groups in total. The SMILES string of the molecule is CCOc1cncc(C(NC)c2scc(C)c2Cl)c1. The largest absolute Gasteiger partial charge is 0.492 e. The van der Waals surface area contributed by atoms with E-state index in [2.05, 4.69) is 15.7 Å². The van der Waals surface area contributed by atoms with Crippen molar-refractivity contribution in [2.24, 2.45) is 0 Å². The summed E-state index contributed by atoms with van der Waals surface area (Å²) in [5.41, 5.74) is 2.16. The van der Waals surface area contributed by atoms with E-state index in [0.29, 0.717) is 6.61 Å². The molecule has 2 aromatic rings. The average molecular weight is 297 g/mol.